The van der Waals surface area contributed by atoms with Crippen molar-refractivity contribution in [3.05, 3.63) is 0 Å². The molecule has 2 amide bonds. The van der Waals surface area contributed by atoms with Gasteiger partial charge in [0.05, 0.1) is 0 Å². The van der Waals surface area contributed by atoms with Crippen LogP contribution in [0.1, 0.15) is 52.4 Å². The van der Waals surface area contributed by atoms with Crippen molar-refractivity contribution in [1.82, 2.24) is 9.80 Å². The van der Waals surface area contributed by atoms with Gasteiger partial charge in [-0.25, -0.2) is 4.79 Å². The molecule has 110 valence electrons. The Morgan fingerprint density at radius 1 is 1.21 bits per heavy atom. The molecular weight excluding hydrogens is 244 g/mol. The molecule has 5 heteroatoms. The summed E-state index contributed by atoms with van der Waals surface area (Å²) in [6.07, 6.45) is 5.81. The van der Waals surface area contributed by atoms with Crippen LogP contribution in [-0.4, -0.2) is 52.6 Å². The van der Waals surface area contributed by atoms with Crippen molar-refractivity contribution in [2.75, 3.05) is 13.6 Å². The van der Waals surface area contributed by atoms with Crippen LogP contribution in [-0.2, 0) is 4.79 Å². The maximum absolute atomic E-state index is 12.5. The van der Waals surface area contributed by atoms with Gasteiger partial charge in [-0.3, -0.25) is 4.79 Å². The lowest BCUT2D eigenvalue weighted by molar-refractivity contribution is -0.138. The zero-order valence-electron chi connectivity index (χ0n) is 12.3. The van der Waals surface area contributed by atoms with Crippen molar-refractivity contribution in [1.29, 1.82) is 0 Å². The smallest absolute Gasteiger partial charge is 0.323 e. The number of urea groups is 1. The first-order valence-electron chi connectivity index (χ1n) is 7.26. The van der Waals surface area contributed by atoms with Crippen LogP contribution < -0.4 is 0 Å². The summed E-state index contributed by atoms with van der Waals surface area (Å²) in [5.74, 6) is -0.932. The van der Waals surface area contributed by atoms with Crippen LogP contribution in [0.5, 0.6) is 0 Å². The Labute approximate surface area is 115 Å². The van der Waals surface area contributed by atoms with Gasteiger partial charge in [0.25, 0.3) is 0 Å². The van der Waals surface area contributed by atoms with Gasteiger partial charge in [-0.15, -0.1) is 0 Å². The first-order valence-corrected chi connectivity index (χ1v) is 7.26. The summed E-state index contributed by atoms with van der Waals surface area (Å²) in [7, 11) is 1.78. The van der Waals surface area contributed by atoms with Gasteiger partial charge in [-0.1, -0.05) is 26.7 Å². The molecule has 5 nitrogen and oxygen atoms in total. The fraction of sp³-hybridized carbons (Fsp3) is 0.857. The second kappa shape index (κ2) is 7.36. The maximum atomic E-state index is 12.5. The third-order valence-corrected chi connectivity index (χ3v) is 4.11. The van der Waals surface area contributed by atoms with E-state index in [2.05, 4.69) is 13.8 Å². The Morgan fingerprint density at radius 3 is 2.16 bits per heavy atom. The van der Waals surface area contributed by atoms with Crippen molar-refractivity contribution in [2.45, 2.75) is 64.5 Å². The first kappa shape index (κ1) is 15.8. The second-order valence-electron chi connectivity index (χ2n) is 5.32. The molecular formula is C14H26N2O3. The standard InChI is InChI=1S/C14H26N2O3/c1-4-11(5-2)15(3)14(19)16(10-13(17)18)12-8-6-7-9-12/h11-12H,4-10H2,1-3H3,(H,17,18). The van der Waals surface area contributed by atoms with Gasteiger partial charge in [0.1, 0.15) is 6.54 Å². The number of nitrogens with zero attached hydrogens (tertiary/aromatic N) is 2. The van der Waals surface area contributed by atoms with Gasteiger partial charge < -0.3 is 14.9 Å². The average Bonchev–Trinajstić information content (AvgIpc) is 2.89. The number of aliphatic carboxylic acids is 1. The van der Waals surface area contributed by atoms with Crippen LogP contribution in [0.2, 0.25) is 0 Å². The Hall–Kier alpha value is -1.26. The minimum Gasteiger partial charge on any atom is -0.480 e. The highest BCUT2D eigenvalue weighted by molar-refractivity contribution is 5.80. The maximum Gasteiger partial charge on any atom is 0.323 e. The number of carboxylic acids is 1. The van der Waals surface area contributed by atoms with E-state index >= 15 is 0 Å². The van der Waals surface area contributed by atoms with Gasteiger partial charge in [-0.05, 0) is 25.7 Å². The molecule has 0 aromatic rings. The molecule has 0 saturated heterocycles. The summed E-state index contributed by atoms with van der Waals surface area (Å²) < 4.78 is 0. The van der Waals surface area contributed by atoms with Gasteiger partial charge in [0, 0.05) is 19.1 Å². The fourth-order valence-corrected chi connectivity index (χ4v) is 2.91. The molecule has 0 heterocycles. The van der Waals surface area contributed by atoms with E-state index < -0.39 is 5.97 Å². The summed E-state index contributed by atoms with van der Waals surface area (Å²) in [5.41, 5.74) is 0. The van der Waals surface area contributed by atoms with E-state index in [-0.39, 0.29) is 24.7 Å². The number of carbonyl (C=O) groups excluding carboxylic acids is 1. The van der Waals surface area contributed by atoms with E-state index in [1.54, 1.807) is 16.8 Å². The molecule has 0 aromatic carbocycles. The van der Waals surface area contributed by atoms with E-state index in [4.69, 9.17) is 5.11 Å². The summed E-state index contributed by atoms with van der Waals surface area (Å²) in [6.45, 7) is 3.91. The number of rotatable bonds is 6. The van der Waals surface area contributed by atoms with E-state index in [1.165, 1.54) is 0 Å². The number of hydrogen-bond donors (Lipinski definition) is 1. The molecule has 0 bridgehead atoms. The zero-order valence-corrected chi connectivity index (χ0v) is 12.3. The van der Waals surface area contributed by atoms with Gasteiger partial charge >= 0.3 is 12.0 Å². The van der Waals surface area contributed by atoms with E-state index in [1.807, 2.05) is 0 Å². The molecule has 1 N–H and O–H groups in total. The molecule has 19 heavy (non-hydrogen) atoms. The van der Waals surface area contributed by atoms with E-state index in [0.29, 0.717) is 0 Å². The lowest BCUT2D eigenvalue weighted by atomic mass is 10.1. The van der Waals surface area contributed by atoms with E-state index in [0.717, 1.165) is 38.5 Å². The quantitative estimate of drug-likeness (QED) is 0.807. The van der Waals surface area contributed by atoms with Crippen LogP contribution in [0.15, 0.2) is 0 Å². The number of amides is 2. The minimum atomic E-state index is -0.932. The molecule has 0 aromatic heterocycles. The first-order chi connectivity index (χ1) is 9.01. The normalized spacial score (nSPS) is 15.8. The largest absolute Gasteiger partial charge is 0.480 e. The molecule has 0 radical (unpaired) electrons. The molecule has 1 fully saturated rings. The molecule has 1 aliphatic carbocycles. The van der Waals surface area contributed by atoms with Crippen LogP contribution in [0, 0.1) is 0 Å². The van der Waals surface area contributed by atoms with Crippen molar-refractivity contribution < 1.29 is 14.7 Å². The van der Waals surface area contributed by atoms with E-state index in [9.17, 15) is 9.59 Å². The zero-order chi connectivity index (χ0) is 14.4. The predicted molar refractivity (Wildman–Crippen MR) is 74.1 cm³/mol. The van der Waals surface area contributed by atoms with Crippen molar-refractivity contribution >= 4 is 12.0 Å². The summed E-state index contributed by atoms with van der Waals surface area (Å²) in [6, 6.07) is 0.147. The predicted octanol–water partition coefficient (Wildman–Crippen LogP) is 2.56. The number of hydrogen-bond acceptors (Lipinski definition) is 2. The molecule has 1 rings (SSSR count). The Kier molecular flexibility index (Phi) is 6.12. The van der Waals surface area contributed by atoms with Crippen LogP contribution in [0.25, 0.3) is 0 Å². The van der Waals surface area contributed by atoms with Gasteiger partial charge in [0.15, 0.2) is 0 Å². The Bertz CT molecular complexity index is 310. The SMILES string of the molecule is CCC(CC)N(C)C(=O)N(CC(=O)O)C1CCCC1. The highest BCUT2D eigenvalue weighted by atomic mass is 16.4. The third-order valence-electron chi connectivity index (χ3n) is 4.11. The topological polar surface area (TPSA) is 60.9 Å². The summed E-state index contributed by atoms with van der Waals surface area (Å²) in [5, 5.41) is 9.02. The number of carboxylic acid groups (broad SMARTS) is 1. The number of carbonyl (C=O) groups is 2. The molecule has 1 aliphatic rings. The minimum absolute atomic E-state index is 0.0976. The highest BCUT2D eigenvalue weighted by Gasteiger charge is 2.31. The molecule has 1 saturated carbocycles. The second-order valence-corrected chi connectivity index (χ2v) is 5.32. The van der Waals surface area contributed by atoms with Crippen LogP contribution in [0.4, 0.5) is 4.79 Å². The molecule has 0 atom stereocenters. The monoisotopic (exact) mass is 270 g/mol. The lowest BCUT2D eigenvalue weighted by Gasteiger charge is -2.35. The van der Waals surface area contributed by atoms with Crippen molar-refractivity contribution in [3.8, 4) is 0 Å². The van der Waals surface area contributed by atoms with Crippen LogP contribution in [0.3, 0.4) is 0 Å². The highest BCUT2D eigenvalue weighted by Crippen LogP contribution is 2.25. The lowest BCUT2D eigenvalue weighted by Crippen LogP contribution is -2.51. The van der Waals surface area contributed by atoms with Crippen LogP contribution >= 0.6 is 0 Å². The van der Waals surface area contributed by atoms with Crippen molar-refractivity contribution in [2.24, 2.45) is 0 Å². The summed E-state index contributed by atoms with van der Waals surface area (Å²) in [4.78, 5) is 26.8. The van der Waals surface area contributed by atoms with Gasteiger partial charge in [-0.2, -0.15) is 0 Å². The summed E-state index contributed by atoms with van der Waals surface area (Å²) >= 11 is 0. The fourth-order valence-electron chi connectivity index (χ4n) is 2.91. The van der Waals surface area contributed by atoms with Gasteiger partial charge in [0.2, 0.25) is 0 Å². The Morgan fingerprint density at radius 2 is 1.74 bits per heavy atom. The molecule has 0 aliphatic heterocycles. The molecule has 0 unspecified atom stereocenters. The van der Waals surface area contributed by atoms with Crippen molar-refractivity contribution in [3.63, 3.8) is 0 Å². The third kappa shape index (κ3) is 4.11. The molecule has 0 spiro atoms. The average molecular weight is 270 g/mol. The Balaban J connectivity index is 2.77.